The van der Waals surface area contributed by atoms with Crippen molar-refractivity contribution in [3.8, 4) is 0 Å². The van der Waals surface area contributed by atoms with Crippen LogP contribution in [-0.4, -0.2) is 35.4 Å². The minimum absolute atomic E-state index is 0.120. The maximum absolute atomic E-state index is 12.4. The van der Waals surface area contributed by atoms with E-state index in [-0.39, 0.29) is 21.7 Å². The van der Waals surface area contributed by atoms with Gasteiger partial charge in [-0.3, -0.25) is 9.59 Å². The zero-order valence-electron chi connectivity index (χ0n) is 15.2. The van der Waals surface area contributed by atoms with Crippen molar-refractivity contribution < 1.29 is 19.1 Å². The van der Waals surface area contributed by atoms with Gasteiger partial charge >= 0.3 is 5.97 Å². The number of nitrogens with zero attached hydrogens (tertiary/aromatic N) is 1. The summed E-state index contributed by atoms with van der Waals surface area (Å²) >= 11 is 11.9. The molecule has 0 unspecified atom stereocenters. The minimum Gasteiger partial charge on any atom is -0.454 e. The van der Waals surface area contributed by atoms with Crippen molar-refractivity contribution in [2.45, 2.75) is 19.9 Å². The third-order valence-electron chi connectivity index (χ3n) is 3.70. The van der Waals surface area contributed by atoms with Gasteiger partial charge in [0, 0.05) is 6.20 Å². The highest BCUT2D eigenvalue weighted by Crippen LogP contribution is 2.18. The number of nitrogens with one attached hydrogen (secondary N) is 2. The molecular formula is C19H19Cl2N3O4. The smallest absolute Gasteiger partial charge is 0.329 e. The molecule has 148 valence electrons. The first-order valence-electron chi connectivity index (χ1n) is 8.42. The van der Waals surface area contributed by atoms with Crippen molar-refractivity contribution in [2.24, 2.45) is 5.92 Å². The summed E-state index contributed by atoms with van der Waals surface area (Å²) in [6, 6.07) is 8.71. The number of esters is 1. The van der Waals surface area contributed by atoms with E-state index in [0.717, 1.165) is 0 Å². The van der Waals surface area contributed by atoms with Gasteiger partial charge in [0.15, 0.2) is 11.8 Å². The largest absolute Gasteiger partial charge is 0.454 e. The fourth-order valence-corrected chi connectivity index (χ4v) is 2.64. The van der Waals surface area contributed by atoms with E-state index < -0.39 is 30.4 Å². The number of amides is 2. The normalized spacial score (nSPS) is 11.6. The van der Waals surface area contributed by atoms with Gasteiger partial charge in [0.05, 0.1) is 16.3 Å². The Morgan fingerprint density at radius 3 is 2.46 bits per heavy atom. The zero-order chi connectivity index (χ0) is 20.7. The molecule has 1 aromatic carbocycles. The average Bonchev–Trinajstić information content (AvgIpc) is 2.66. The van der Waals surface area contributed by atoms with Gasteiger partial charge in [-0.15, -0.1) is 0 Å². The number of benzene rings is 1. The number of hydrogen-bond donors (Lipinski definition) is 2. The molecule has 0 aliphatic rings. The first kappa shape index (κ1) is 21.7. The average molecular weight is 424 g/mol. The molecule has 9 heteroatoms. The van der Waals surface area contributed by atoms with Crippen LogP contribution in [0.5, 0.6) is 0 Å². The molecule has 28 heavy (non-hydrogen) atoms. The number of ether oxygens (including phenoxy) is 1. The summed E-state index contributed by atoms with van der Waals surface area (Å²) in [5, 5.41) is 5.47. The number of hydrogen-bond acceptors (Lipinski definition) is 5. The predicted octanol–water partition coefficient (Wildman–Crippen LogP) is 3.32. The lowest BCUT2D eigenvalue weighted by Gasteiger charge is -2.21. The second-order valence-electron chi connectivity index (χ2n) is 6.17. The van der Waals surface area contributed by atoms with Crippen LogP contribution in [0.4, 0.5) is 5.69 Å². The summed E-state index contributed by atoms with van der Waals surface area (Å²) in [5.41, 5.74) is 0.546. The lowest BCUT2D eigenvalue weighted by molar-refractivity contribution is -0.150. The molecule has 0 aliphatic carbocycles. The highest BCUT2D eigenvalue weighted by atomic mass is 35.5. The van der Waals surface area contributed by atoms with Crippen LogP contribution in [0.2, 0.25) is 10.2 Å². The quantitative estimate of drug-likeness (QED) is 0.525. The summed E-state index contributed by atoms with van der Waals surface area (Å²) < 4.78 is 5.04. The van der Waals surface area contributed by atoms with Crippen molar-refractivity contribution in [2.75, 3.05) is 11.9 Å². The molecule has 7 nitrogen and oxygen atoms in total. The van der Waals surface area contributed by atoms with Crippen LogP contribution in [-0.2, 0) is 14.3 Å². The molecule has 1 heterocycles. The molecule has 2 N–H and O–H groups in total. The van der Waals surface area contributed by atoms with E-state index >= 15 is 0 Å². The van der Waals surface area contributed by atoms with Crippen LogP contribution in [0, 0.1) is 5.92 Å². The Kier molecular flexibility index (Phi) is 7.78. The summed E-state index contributed by atoms with van der Waals surface area (Å²) in [6.45, 7) is 2.96. The third-order valence-corrected chi connectivity index (χ3v) is 4.34. The van der Waals surface area contributed by atoms with Crippen LogP contribution in [0.25, 0.3) is 0 Å². The molecule has 0 saturated carbocycles. The van der Waals surface area contributed by atoms with Gasteiger partial charge in [-0.05, 0) is 30.2 Å². The second-order valence-corrected chi connectivity index (χ2v) is 6.94. The molecule has 0 bridgehead atoms. The molecular weight excluding hydrogens is 405 g/mol. The van der Waals surface area contributed by atoms with E-state index in [0.29, 0.717) is 5.69 Å². The van der Waals surface area contributed by atoms with Gasteiger partial charge in [-0.25, -0.2) is 9.78 Å². The van der Waals surface area contributed by atoms with Crippen molar-refractivity contribution in [3.05, 3.63) is 58.3 Å². The number of pyridine rings is 1. The van der Waals surface area contributed by atoms with Crippen molar-refractivity contribution >= 4 is 46.7 Å². The first-order valence-corrected chi connectivity index (χ1v) is 9.17. The molecule has 2 aromatic rings. The van der Waals surface area contributed by atoms with Gasteiger partial charge in [0.2, 0.25) is 0 Å². The molecule has 0 spiro atoms. The Labute approximate surface area is 172 Å². The van der Waals surface area contributed by atoms with Gasteiger partial charge in [0.25, 0.3) is 11.8 Å². The summed E-state index contributed by atoms with van der Waals surface area (Å²) in [7, 11) is 0. The van der Waals surface area contributed by atoms with E-state index in [9.17, 15) is 14.4 Å². The van der Waals surface area contributed by atoms with E-state index in [1.54, 1.807) is 50.2 Å². The SMILES string of the molecule is CC(C)[C@H](NC(=O)c1ccccc1Cl)C(=O)OCC(=O)Nc1cccnc1Cl. The summed E-state index contributed by atoms with van der Waals surface area (Å²) in [5.74, 6) is -2.09. The van der Waals surface area contributed by atoms with E-state index in [1.807, 2.05) is 0 Å². The Balaban J connectivity index is 1.95. The highest BCUT2D eigenvalue weighted by molar-refractivity contribution is 6.34. The molecule has 0 fully saturated rings. The number of carbonyl (C=O) groups is 3. The monoisotopic (exact) mass is 423 g/mol. The fourth-order valence-electron chi connectivity index (χ4n) is 2.25. The van der Waals surface area contributed by atoms with Gasteiger partial charge in [-0.2, -0.15) is 0 Å². The second kappa shape index (κ2) is 10.1. The Bertz CT molecular complexity index is 874. The summed E-state index contributed by atoms with van der Waals surface area (Å²) in [4.78, 5) is 40.6. The Hall–Kier alpha value is -2.64. The summed E-state index contributed by atoms with van der Waals surface area (Å²) in [6.07, 6.45) is 1.48. The van der Waals surface area contributed by atoms with Crippen LogP contribution >= 0.6 is 23.2 Å². The standard InChI is InChI=1S/C19H19Cl2N3O4/c1-11(2)16(24-18(26)12-6-3-4-7-13(12)20)19(27)28-10-15(25)23-14-8-5-9-22-17(14)21/h3-9,11,16H,10H2,1-2H3,(H,23,25)(H,24,26)/t16-/m0/s1. The highest BCUT2D eigenvalue weighted by Gasteiger charge is 2.27. The Morgan fingerprint density at radius 1 is 1.11 bits per heavy atom. The molecule has 2 amide bonds. The number of aromatic nitrogens is 1. The van der Waals surface area contributed by atoms with Gasteiger partial charge in [-0.1, -0.05) is 49.2 Å². The Morgan fingerprint density at radius 2 is 1.82 bits per heavy atom. The van der Waals surface area contributed by atoms with Crippen molar-refractivity contribution in [3.63, 3.8) is 0 Å². The maximum atomic E-state index is 12.4. The molecule has 0 aliphatic heterocycles. The third kappa shape index (κ3) is 5.94. The molecule has 1 aromatic heterocycles. The molecule has 2 rings (SSSR count). The molecule has 0 radical (unpaired) electrons. The lowest BCUT2D eigenvalue weighted by atomic mass is 10.0. The van der Waals surface area contributed by atoms with E-state index in [4.69, 9.17) is 27.9 Å². The fraction of sp³-hybridized carbons (Fsp3) is 0.263. The first-order chi connectivity index (χ1) is 13.3. The topological polar surface area (TPSA) is 97.4 Å². The van der Waals surface area contributed by atoms with Gasteiger partial charge < -0.3 is 15.4 Å². The predicted molar refractivity (Wildman–Crippen MR) is 106 cm³/mol. The zero-order valence-corrected chi connectivity index (χ0v) is 16.8. The number of rotatable bonds is 7. The van der Waals surface area contributed by atoms with Crippen LogP contribution in [0.15, 0.2) is 42.6 Å². The molecule has 0 saturated heterocycles. The van der Waals surface area contributed by atoms with Crippen molar-refractivity contribution in [1.29, 1.82) is 0 Å². The van der Waals surface area contributed by atoms with Crippen LogP contribution in [0.3, 0.4) is 0 Å². The maximum Gasteiger partial charge on any atom is 0.329 e. The van der Waals surface area contributed by atoms with Gasteiger partial charge in [0.1, 0.15) is 6.04 Å². The van der Waals surface area contributed by atoms with Crippen molar-refractivity contribution in [1.82, 2.24) is 10.3 Å². The number of anilines is 1. The molecule has 1 atom stereocenters. The lowest BCUT2D eigenvalue weighted by Crippen LogP contribution is -2.46. The van der Waals surface area contributed by atoms with Crippen LogP contribution in [0.1, 0.15) is 24.2 Å². The van der Waals surface area contributed by atoms with E-state index in [1.165, 1.54) is 6.20 Å². The number of halogens is 2. The van der Waals surface area contributed by atoms with Crippen LogP contribution < -0.4 is 10.6 Å². The minimum atomic E-state index is -0.946. The number of carbonyl (C=O) groups excluding carboxylic acids is 3. The van der Waals surface area contributed by atoms with E-state index in [2.05, 4.69) is 15.6 Å².